The van der Waals surface area contributed by atoms with Crippen LogP contribution in [0.3, 0.4) is 0 Å². The molecular weight excluding hydrogens is 368 g/mol. The van der Waals surface area contributed by atoms with E-state index >= 15 is 0 Å². The Kier molecular flexibility index (Phi) is 7.74. The molecule has 0 spiro atoms. The van der Waals surface area contributed by atoms with Gasteiger partial charge >= 0.3 is 5.97 Å². The van der Waals surface area contributed by atoms with Gasteiger partial charge in [0.2, 0.25) is 5.91 Å². The standard InChI is InChI=1S/C20H29F2N3O3/c1-5-25-14(3)16(19(15(25)4)20(27)28-6-2)7-8-18(26)24-11-9-23(10-12-24)13-17(21)22/h7-8,17H,5-6,9-13H2,1-4H3/b8-7+. The van der Waals surface area contributed by atoms with Crippen molar-refractivity contribution in [3.8, 4) is 0 Å². The number of carbonyl (C=O) groups is 2. The normalized spacial score (nSPS) is 15.6. The number of carbonyl (C=O) groups excluding carboxylic acids is 2. The number of alkyl halides is 2. The molecule has 0 bridgehead atoms. The predicted molar refractivity (Wildman–Crippen MR) is 104 cm³/mol. The second-order valence-electron chi connectivity index (χ2n) is 6.77. The molecular formula is C20H29F2N3O3. The first kappa shape index (κ1) is 22.1. The van der Waals surface area contributed by atoms with Crippen LogP contribution in [-0.2, 0) is 16.1 Å². The maximum Gasteiger partial charge on any atom is 0.340 e. The van der Waals surface area contributed by atoms with Crippen LogP contribution in [-0.4, -0.2) is 72.0 Å². The van der Waals surface area contributed by atoms with Crippen LogP contribution in [0.2, 0.25) is 0 Å². The van der Waals surface area contributed by atoms with Gasteiger partial charge in [0.15, 0.2) is 0 Å². The Bertz CT molecular complexity index is 736. The lowest BCUT2D eigenvalue weighted by molar-refractivity contribution is -0.127. The minimum atomic E-state index is -2.36. The van der Waals surface area contributed by atoms with Crippen LogP contribution >= 0.6 is 0 Å². The zero-order chi connectivity index (χ0) is 20.8. The smallest absolute Gasteiger partial charge is 0.340 e. The number of aromatic nitrogens is 1. The molecule has 28 heavy (non-hydrogen) atoms. The van der Waals surface area contributed by atoms with Gasteiger partial charge in [-0.2, -0.15) is 0 Å². The summed E-state index contributed by atoms with van der Waals surface area (Å²) in [6.45, 7) is 9.93. The van der Waals surface area contributed by atoms with Gasteiger partial charge in [0.05, 0.1) is 18.7 Å². The largest absolute Gasteiger partial charge is 0.462 e. The maximum atomic E-state index is 12.5. The first-order chi connectivity index (χ1) is 13.3. The summed E-state index contributed by atoms with van der Waals surface area (Å²) in [4.78, 5) is 28.2. The molecule has 1 aromatic heterocycles. The van der Waals surface area contributed by atoms with E-state index in [4.69, 9.17) is 4.74 Å². The fourth-order valence-electron chi connectivity index (χ4n) is 3.65. The predicted octanol–water partition coefficient (Wildman–Crippen LogP) is 2.72. The highest BCUT2D eigenvalue weighted by Gasteiger charge is 2.24. The van der Waals surface area contributed by atoms with Crippen LogP contribution in [0.4, 0.5) is 8.78 Å². The van der Waals surface area contributed by atoms with Gasteiger partial charge in [0.25, 0.3) is 6.43 Å². The third-order valence-electron chi connectivity index (χ3n) is 5.10. The molecule has 8 heteroatoms. The first-order valence-corrected chi connectivity index (χ1v) is 9.64. The van der Waals surface area contributed by atoms with E-state index in [-0.39, 0.29) is 19.1 Å². The van der Waals surface area contributed by atoms with E-state index in [1.165, 1.54) is 6.08 Å². The Hall–Kier alpha value is -2.22. The van der Waals surface area contributed by atoms with Gasteiger partial charge in [-0.3, -0.25) is 9.69 Å². The molecule has 1 saturated heterocycles. The molecule has 2 heterocycles. The van der Waals surface area contributed by atoms with Crippen molar-refractivity contribution in [1.82, 2.24) is 14.4 Å². The number of amides is 1. The molecule has 1 fully saturated rings. The first-order valence-electron chi connectivity index (χ1n) is 9.64. The molecule has 1 aromatic rings. The van der Waals surface area contributed by atoms with Crippen molar-refractivity contribution < 1.29 is 23.1 Å². The lowest BCUT2D eigenvalue weighted by atomic mass is 10.1. The SMILES string of the molecule is CCOC(=O)c1c(/C=C/C(=O)N2CCN(CC(F)F)CC2)c(C)n(CC)c1C. The second-order valence-corrected chi connectivity index (χ2v) is 6.77. The van der Waals surface area contributed by atoms with Crippen molar-refractivity contribution in [2.75, 3.05) is 39.3 Å². The Morgan fingerprint density at radius 3 is 2.29 bits per heavy atom. The summed E-state index contributed by atoms with van der Waals surface area (Å²) in [5, 5.41) is 0. The minimum Gasteiger partial charge on any atom is -0.462 e. The average Bonchev–Trinajstić information content (AvgIpc) is 2.89. The number of rotatable bonds is 7. The van der Waals surface area contributed by atoms with Gasteiger partial charge in [0.1, 0.15) is 0 Å². The number of ether oxygens (including phenoxy) is 1. The van der Waals surface area contributed by atoms with E-state index < -0.39 is 12.4 Å². The highest BCUT2D eigenvalue weighted by molar-refractivity contribution is 5.98. The Morgan fingerprint density at radius 1 is 1.11 bits per heavy atom. The number of halogens is 2. The van der Waals surface area contributed by atoms with Crippen LogP contribution in [0.1, 0.15) is 41.2 Å². The molecule has 1 amide bonds. The fraction of sp³-hybridized carbons (Fsp3) is 0.600. The van der Waals surface area contributed by atoms with Crippen LogP contribution in [0.5, 0.6) is 0 Å². The zero-order valence-corrected chi connectivity index (χ0v) is 17.0. The molecule has 0 N–H and O–H groups in total. The number of hydrogen-bond donors (Lipinski definition) is 0. The number of piperazine rings is 1. The van der Waals surface area contributed by atoms with Crippen LogP contribution in [0.25, 0.3) is 6.08 Å². The van der Waals surface area contributed by atoms with Crippen molar-refractivity contribution in [2.45, 2.75) is 40.7 Å². The highest BCUT2D eigenvalue weighted by atomic mass is 19.3. The van der Waals surface area contributed by atoms with Crippen LogP contribution in [0, 0.1) is 13.8 Å². The molecule has 1 aliphatic rings. The van der Waals surface area contributed by atoms with Gasteiger partial charge in [-0.15, -0.1) is 0 Å². The van der Waals surface area contributed by atoms with E-state index in [1.54, 1.807) is 22.8 Å². The van der Waals surface area contributed by atoms with Crippen molar-refractivity contribution in [3.63, 3.8) is 0 Å². The summed E-state index contributed by atoms with van der Waals surface area (Å²) < 4.78 is 32.1. The molecule has 6 nitrogen and oxygen atoms in total. The van der Waals surface area contributed by atoms with E-state index in [0.29, 0.717) is 43.9 Å². The van der Waals surface area contributed by atoms with Crippen LogP contribution in [0.15, 0.2) is 6.08 Å². The van der Waals surface area contributed by atoms with Gasteiger partial charge in [-0.05, 0) is 33.8 Å². The quantitative estimate of drug-likeness (QED) is 0.524. The molecule has 2 rings (SSSR count). The number of hydrogen-bond acceptors (Lipinski definition) is 4. The fourth-order valence-corrected chi connectivity index (χ4v) is 3.65. The van der Waals surface area contributed by atoms with Crippen molar-refractivity contribution in [1.29, 1.82) is 0 Å². The Morgan fingerprint density at radius 2 is 1.75 bits per heavy atom. The Labute approximate surface area is 164 Å². The van der Waals surface area contributed by atoms with Crippen LogP contribution < -0.4 is 0 Å². The van der Waals surface area contributed by atoms with Gasteiger partial charge in [-0.1, -0.05) is 0 Å². The molecule has 1 aliphatic heterocycles. The van der Waals surface area contributed by atoms with Crippen molar-refractivity contribution >= 4 is 18.0 Å². The van der Waals surface area contributed by atoms with Crippen molar-refractivity contribution in [3.05, 3.63) is 28.6 Å². The summed E-state index contributed by atoms with van der Waals surface area (Å²) in [6.07, 6.45) is 0.749. The summed E-state index contributed by atoms with van der Waals surface area (Å²) in [6, 6.07) is 0. The lowest BCUT2D eigenvalue weighted by Gasteiger charge is -2.33. The van der Waals surface area contributed by atoms with Gasteiger partial charge in [-0.25, -0.2) is 13.6 Å². The highest BCUT2D eigenvalue weighted by Crippen LogP contribution is 2.25. The summed E-state index contributed by atoms with van der Waals surface area (Å²) in [7, 11) is 0. The molecule has 0 aromatic carbocycles. The average molecular weight is 397 g/mol. The third kappa shape index (κ3) is 4.98. The number of nitrogens with zero attached hydrogens (tertiary/aromatic N) is 3. The summed E-state index contributed by atoms with van der Waals surface area (Å²) in [5.41, 5.74) is 2.87. The molecule has 0 radical (unpaired) electrons. The topological polar surface area (TPSA) is 54.8 Å². The van der Waals surface area contributed by atoms with Gasteiger partial charge < -0.3 is 14.2 Å². The minimum absolute atomic E-state index is 0.187. The molecule has 0 saturated carbocycles. The third-order valence-corrected chi connectivity index (χ3v) is 5.10. The summed E-state index contributed by atoms with van der Waals surface area (Å²) >= 11 is 0. The molecule has 0 atom stereocenters. The zero-order valence-electron chi connectivity index (χ0n) is 17.0. The summed E-state index contributed by atoms with van der Waals surface area (Å²) in [5.74, 6) is -0.587. The van der Waals surface area contributed by atoms with Crippen molar-refractivity contribution in [2.24, 2.45) is 0 Å². The van der Waals surface area contributed by atoms with E-state index in [2.05, 4.69) is 0 Å². The maximum absolute atomic E-state index is 12.5. The van der Waals surface area contributed by atoms with E-state index in [1.807, 2.05) is 25.3 Å². The van der Waals surface area contributed by atoms with E-state index in [9.17, 15) is 18.4 Å². The Balaban J connectivity index is 2.15. The van der Waals surface area contributed by atoms with E-state index in [0.717, 1.165) is 11.4 Å². The molecule has 156 valence electrons. The number of esters is 1. The molecule has 0 unspecified atom stereocenters. The lowest BCUT2D eigenvalue weighted by Crippen LogP contribution is -2.49. The molecule has 0 aliphatic carbocycles. The monoisotopic (exact) mass is 397 g/mol. The van der Waals surface area contributed by atoms with Gasteiger partial charge in [0, 0.05) is 55.8 Å². The second kappa shape index (κ2) is 9.82.